The second-order valence-electron chi connectivity index (χ2n) is 3.78. The molecule has 1 aromatic rings. The van der Waals surface area contributed by atoms with E-state index in [0.29, 0.717) is 19.6 Å². The van der Waals surface area contributed by atoms with Crippen molar-refractivity contribution in [1.29, 1.82) is 0 Å². The van der Waals surface area contributed by atoms with Crippen molar-refractivity contribution in [1.82, 2.24) is 20.2 Å². The molecule has 0 aliphatic carbocycles. The van der Waals surface area contributed by atoms with Crippen LogP contribution in [0, 0.1) is 0 Å². The van der Waals surface area contributed by atoms with Crippen LogP contribution < -0.4 is 10.9 Å². The molecule has 76 valence electrons. The molecular formula is C9H14N4O. The molecule has 5 nitrogen and oxygen atoms in total. The van der Waals surface area contributed by atoms with Crippen LogP contribution >= 0.6 is 0 Å². The summed E-state index contributed by atoms with van der Waals surface area (Å²) in [7, 11) is 3.90. The van der Waals surface area contributed by atoms with Gasteiger partial charge in [0.1, 0.15) is 5.82 Å². The predicted molar refractivity (Wildman–Crippen MR) is 52.8 cm³/mol. The summed E-state index contributed by atoms with van der Waals surface area (Å²) in [5.74, 6) is 0.738. The molecule has 0 radical (unpaired) electrons. The van der Waals surface area contributed by atoms with Crippen molar-refractivity contribution in [2.24, 2.45) is 0 Å². The summed E-state index contributed by atoms with van der Waals surface area (Å²) >= 11 is 0. The maximum absolute atomic E-state index is 11.6. The normalized spacial score (nSPS) is 14.8. The van der Waals surface area contributed by atoms with Crippen molar-refractivity contribution < 1.29 is 0 Å². The van der Waals surface area contributed by atoms with Crippen LogP contribution in [0.1, 0.15) is 17.1 Å². The number of aromatic amines is 1. The number of aromatic nitrogens is 2. The average molecular weight is 194 g/mol. The smallest absolute Gasteiger partial charge is 0.255 e. The van der Waals surface area contributed by atoms with Crippen LogP contribution in [-0.4, -0.2) is 29.0 Å². The van der Waals surface area contributed by atoms with Crippen molar-refractivity contribution in [3.63, 3.8) is 0 Å². The Morgan fingerprint density at radius 1 is 1.43 bits per heavy atom. The molecule has 0 saturated heterocycles. The van der Waals surface area contributed by atoms with E-state index in [-0.39, 0.29) is 5.56 Å². The van der Waals surface area contributed by atoms with Gasteiger partial charge in [0.2, 0.25) is 0 Å². The Morgan fingerprint density at radius 2 is 2.21 bits per heavy atom. The van der Waals surface area contributed by atoms with Crippen molar-refractivity contribution in [3.05, 3.63) is 27.4 Å². The Labute approximate surface area is 82.2 Å². The maximum Gasteiger partial charge on any atom is 0.255 e. The molecule has 14 heavy (non-hydrogen) atoms. The highest BCUT2D eigenvalue weighted by molar-refractivity contribution is 5.21. The van der Waals surface area contributed by atoms with Crippen LogP contribution in [0.15, 0.2) is 4.79 Å². The van der Waals surface area contributed by atoms with Gasteiger partial charge in [-0.3, -0.25) is 4.79 Å². The van der Waals surface area contributed by atoms with E-state index in [1.54, 1.807) is 0 Å². The molecule has 0 atom stereocenters. The minimum absolute atomic E-state index is 0.00292. The first-order valence-electron chi connectivity index (χ1n) is 4.63. The Morgan fingerprint density at radius 3 is 2.93 bits per heavy atom. The second-order valence-corrected chi connectivity index (χ2v) is 3.78. The van der Waals surface area contributed by atoms with Gasteiger partial charge in [0.25, 0.3) is 5.56 Å². The number of hydrogen-bond donors (Lipinski definition) is 2. The van der Waals surface area contributed by atoms with Gasteiger partial charge in [-0.2, -0.15) is 0 Å². The summed E-state index contributed by atoms with van der Waals surface area (Å²) in [6.45, 7) is 2.02. The number of fused-ring (bicyclic) bond motifs is 1. The molecule has 2 rings (SSSR count). The van der Waals surface area contributed by atoms with Gasteiger partial charge >= 0.3 is 0 Å². The third kappa shape index (κ3) is 1.69. The van der Waals surface area contributed by atoms with Gasteiger partial charge in [0.15, 0.2) is 0 Å². The van der Waals surface area contributed by atoms with E-state index >= 15 is 0 Å². The number of rotatable bonds is 2. The second kappa shape index (κ2) is 3.51. The lowest BCUT2D eigenvalue weighted by atomic mass is 10.3. The van der Waals surface area contributed by atoms with E-state index < -0.39 is 0 Å². The molecule has 0 amide bonds. The molecule has 5 heteroatoms. The lowest BCUT2D eigenvalue weighted by molar-refractivity contribution is 0.389. The van der Waals surface area contributed by atoms with Gasteiger partial charge in [-0.1, -0.05) is 0 Å². The van der Waals surface area contributed by atoms with Crippen LogP contribution in [0.4, 0.5) is 0 Å². The molecule has 1 aromatic heterocycles. The first kappa shape index (κ1) is 9.36. The third-order valence-electron chi connectivity index (χ3n) is 2.21. The fraction of sp³-hybridized carbons (Fsp3) is 0.556. The van der Waals surface area contributed by atoms with Gasteiger partial charge in [0, 0.05) is 13.1 Å². The molecule has 0 bridgehead atoms. The summed E-state index contributed by atoms with van der Waals surface area (Å²) < 4.78 is 0. The molecule has 0 fully saturated rings. The molecule has 0 aromatic carbocycles. The number of nitrogens with zero attached hydrogens (tertiary/aromatic N) is 2. The van der Waals surface area contributed by atoms with Crippen LogP contribution in [0.3, 0.4) is 0 Å². The van der Waals surface area contributed by atoms with E-state index in [1.807, 2.05) is 19.0 Å². The molecule has 1 aliphatic rings. The maximum atomic E-state index is 11.6. The minimum atomic E-state index is -0.00292. The third-order valence-corrected chi connectivity index (χ3v) is 2.21. The number of H-pyrrole nitrogens is 1. The quantitative estimate of drug-likeness (QED) is 0.662. The average Bonchev–Trinajstić information content (AvgIpc) is 2.50. The van der Waals surface area contributed by atoms with Crippen LogP contribution in [0.2, 0.25) is 0 Å². The molecule has 2 N–H and O–H groups in total. The monoisotopic (exact) mass is 194 g/mol. The van der Waals surface area contributed by atoms with Crippen LogP contribution in [0.25, 0.3) is 0 Å². The minimum Gasteiger partial charge on any atom is -0.309 e. The zero-order valence-corrected chi connectivity index (χ0v) is 8.42. The Balaban J connectivity index is 2.37. The van der Waals surface area contributed by atoms with E-state index in [4.69, 9.17) is 0 Å². The van der Waals surface area contributed by atoms with Crippen LogP contribution in [0.5, 0.6) is 0 Å². The first-order chi connectivity index (χ1) is 6.66. The topological polar surface area (TPSA) is 61.0 Å². The lowest BCUT2D eigenvalue weighted by Gasteiger charge is -2.09. The van der Waals surface area contributed by atoms with Crippen molar-refractivity contribution in [2.45, 2.75) is 19.6 Å². The summed E-state index contributed by atoms with van der Waals surface area (Å²) in [5.41, 5.74) is 1.68. The fourth-order valence-corrected chi connectivity index (χ4v) is 1.60. The fourth-order valence-electron chi connectivity index (χ4n) is 1.60. The highest BCUT2D eigenvalue weighted by atomic mass is 16.1. The molecule has 0 unspecified atom stereocenters. The Bertz CT molecular complexity index is 396. The lowest BCUT2D eigenvalue weighted by Crippen LogP contribution is -2.21. The number of nitrogens with one attached hydrogen (secondary N) is 2. The molecule has 2 heterocycles. The molecule has 0 spiro atoms. The van der Waals surface area contributed by atoms with Crippen molar-refractivity contribution in [2.75, 3.05) is 14.1 Å². The van der Waals surface area contributed by atoms with E-state index in [2.05, 4.69) is 15.3 Å². The van der Waals surface area contributed by atoms with Gasteiger partial charge in [0.05, 0.1) is 17.8 Å². The van der Waals surface area contributed by atoms with E-state index in [0.717, 1.165) is 17.1 Å². The van der Waals surface area contributed by atoms with Gasteiger partial charge in [-0.15, -0.1) is 0 Å². The highest BCUT2D eigenvalue weighted by Crippen LogP contribution is 2.07. The SMILES string of the molecule is CN(C)Cc1nc2c(c(=O)[nH]1)CNC2. The summed E-state index contributed by atoms with van der Waals surface area (Å²) in [6.07, 6.45) is 0. The summed E-state index contributed by atoms with van der Waals surface area (Å²) in [5, 5.41) is 3.11. The molecular weight excluding hydrogens is 180 g/mol. The summed E-state index contributed by atoms with van der Waals surface area (Å²) in [6, 6.07) is 0. The van der Waals surface area contributed by atoms with Crippen LogP contribution in [-0.2, 0) is 19.6 Å². The summed E-state index contributed by atoms with van der Waals surface area (Å²) in [4.78, 5) is 20.7. The van der Waals surface area contributed by atoms with E-state index in [9.17, 15) is 4.79 Å². The zero-order chi connectivity index (χ0) is 10.1. The zero-order valence-electron chi connectivity index (χ0n) is 8.42. The standard InChI is InChI=1S/C9H14N4O/c1-13(2)5-8-11-7-4-10-3-6(7)9(14)12-8/h10H,3-5H2,1-2H3,(H,11,12,14). The molecule has 1 aliphatic heterocycles. The van der Waals surface area contributed by atoms with Gasteiger partial charge in [-0.05, 0) is 14.1 Å². The Hall–Kier alpha value is -1.20. The van der Waals surface area contributed by atoms with Crippen molar-refractivity contribution in [3.8, 4) is 0 Å². The van der Waals surface area contributed by atoms with Gasteiger partial charge in [-0.25, -0.2) is 4.98 Å². The number of hydrogen-bond acceptors (Lipinski definition) is 4. The van der Waals surface area contributed by atoms with E-state index in [1.165, 1.54) is 0 Å². The van der Waals surface area contributed by atoms with Gasteiger partial charge < -0.3 is 15.2 Å². The van der Waals surface area contributed by atoms with Crippen molar-refractivity contribution >= 4 is 0 Å². The predicted octanol–water partition coefficient (Wildman–Crippen LogP) is -0.565. The Kier molecular flexibility index (Phi) is 2.35. The first-order valence-corrected chi connectivity index (χ1v) is 4.63. The molecule has 0 saturated carbocycles. The largest absolute Gasteiger partial charge is 0.309 e. The highest BCUT2D eigenvalue weighted by Gasteiger charge is 2.16.